The van der Waals surface area contributed by atoms with Crippen LogP contribution in [0.1, 0.15) is 18.2 Å². The summed E-state index contributed by atoms with van der Waals surface area (Å²) in [6.07, 6.45) is 4.55. The number of nitrogens with two attached hydrogens (primary N) is 1. The van der Waals surface area contributed by atoms with Crippen LogP contribution in [-0.2, 0) is 14.8 Å². The topological polar surface area (TPSA) is 87.2 Å². The monoisotopic (exact) mass is 293 g/mol. The molecule has 0 bridgehead atoms. The number of nitrogens with zero attached hydrogens (tertiary/aromatic N) is 2. The SMILES string of the molecule is NS(=O)(=O)c1ccc(-n2ccnc2[C@H]2CCOC2)cc1. The van der Waals surface area contributed by atoms with Crippen molar-refractivity contribution in [1.82, 2.24) is 9.55 Å². The lowest BCUT2D eigenvalue weighted by Gasteiger charge is -2.12. The molecule has 2 aromatic rings. The van der Waals surface area contributed by atoms with E-state index in [-0.39, 0.29) is 10.8 Å². The van der Waals surface area contributed by atoms with Gasteiger partial charge in [0.05, 0.1) is 11.5 Å². The molecule has 3 rings (SSSR count). The number of primary sulfonamides is 1. The van der Waals surface area contributed by atoms with Gasteiger partial charge in [0.1, 0.15) is 5.82 Å². The van der Waals surface area contributed by atoms with E-state index in [1.54, 1.807) is 18.3 Å². The van der Waals surface area contributed by atoms with Crippen molar-refractivity contribution < 1.29 is 13.2 Å². The summed E-state index contributed by atoms with van der Waals surface area (Å²) >= 11 is 0. The fourth-order valence-electron chi connectivity index (χ4n) is 2.37. The maximum absolute atomic E-state index is 11.2. The van der Waals surface area contributed by atoms with Crippen LogP contribution < -0.4 is 5.14 Å². The molecule has 0 unspecified atom stereocenters. The average Bonchev–Trinajstić information content (AvgIpc) is 3.08. The second-order valence-electron chi connectivity index (χ2n) is 4.75. The molecule has 1 aliphatic rings. The molecule has 20 heavy (non-hydrogen) atoms. The van der Waals surface area contributed by atoms with Gasteiger partial charge in [0.15, 0.2) is 0 Å². The van der Waals surface area contributed by atoms with Crippen molar-refractivity contribution in [3.8, 4) is 5.69 Å². The molecule has 1 aromatic heterocycles. The fraction of sp³-hybridized carbons (Fsp3) is 0.308. The van der Waals surface area contributed by atoms with E-state index in [4.69, 9.17) is 9.88 Å². The Balaban J connectivity index is 1.95. The van der Waals surface area contributed by atoms with Crippen LogP contribution >= 0.6 is 0 Å². The smallest absolute Gasteiger partial charge is 0.238 e. The first-order valence-corrected chi connectivity index (χ1v) is 7.84. The van der Waals surface area contributed by atoms with Crippen LogP contribution in [0.2, 0.25) is 0 Å². The Labute approximate surface area is 117 Å². The Hall–Kier alpha value is -1.70. The van der Waals surface area contributed by atoms with E-state index in [2.05, 4.69) is 4.98 Å². The predicted molar refractivity (Wildman–Crippen MR) is 73.1 cm³/mol. The van der Waals surface area contributed by atoms with Crippen LogP contribution in [0.3, 0.4) is 0 Å². The number of hydrogen-bond acceptors (Lipinski definition) is 4. The molecule has 1 saturated heterocycles. The maximum Gasteiger partial charge on any atom is 0.238 e. The van der Waals surface area contributed by atoms with Crippen molar-refractivity contribution in [2.24, 2.45) is 5.14 Å². The first-order chi connectivity index (χ1) is 9.55. The largest absolute Gasteiger partial charge is 0.381 e. The molecule has 6 nitrogen and oxygen atoms in total. The molecule has 0 saturated carbocycles. The summed E-state index contributed by atoms with van der Waals surface area (Å²) in [5, 5.41) is 5.09. The van der Waals surface area contributed by atoms with Crippen molar-refractivity contribution in [1.29, 1.82) is 0 Å². The third kappa shape index (κ3) is 2.47. The minimum Gasteiger partial charge on any atom is -0.381 e. The van der Waals surface area contributed by atoms with E-state index < -0.39 is 10.0 Å². The second kappa shape index (κ2) is 5.01. The van der Waals surface area contributed by atoms with Gasteiger partial charge < -0.3 is 9.30 Å². The second-order valence-corrected chi connectivity index (χ2v) is 6.32. The molecule has 0 radical (unpaired) electrons. The van der Waals surface area contributed by atoms with E-state index in [0.717, 1.165) is 24.5 Å². The number of hydrogen-bond donors (Lipinski definition) is 1. The number of imidazole rings is 1. The molecule has 1 aliphatic heterocycles. The van der Waals surface area contributed by atoms with Crippen molar-refractivity contribution in [3.63, 3.8) is 0 Å². The lowest BCUT2D eigenvalue weighted by molar-refractivity contribution is 0.193. The molecule has 7 heteroatoms. The van der Waals surface area contributed by atoms with E-state index in [1.165, 1.54) is 12.1 Å². The van der Waals surface area contributed by atoms with Gasteiger partial charge in [-0.15, -0.1) is 0 Å². The number of ether oxygens (including phenoxy) is 1. The summed E-state index contributed by atoms with van der Waals surface area (Å²) in [6.45, 7) is 1.42. The van der Waals surface area contributed by atoms with Gasteiger partial charge in [0, 0.05) is 30.6 Å². The van der Waals surface area contributed by atoms with E-state index in [1.807, 2.05) is 10.8 Å². The highest BCUT2D eigenvalue weighted by molar-refractivity contribution is 7.89. The molecule has 2 N–H and O–H groups in total. The van der Waals surface area contributed by atoms with Gasteiger partial charge in [-0.2, -0.15) is 0 Å². The molecular formula is C13H15N3O3S. The molecule has 0 aliphatic carbocycles. The van der Waals surface area contributed by atoms with Gasteiger partial charge in [0.25, 0.3) is 0 Å². The Morgan fingerprint density at radius 3 is 2.65 bits per heavy atom. The number of aromatic nitrogens is 2. The molecule has 1 fully saturated rings. The number of benzene rings is 1. The maximum atomic E-state index is 11.2. The first-order valence-electron chi connectivity index (χ1n) is 6.30. The zero-order valence-electron chi connectivity index (χ0n) is 10.8. The van der Waals surface area contributed by atoms with Crippen LogP contribution in [-0.4, -0.2) is 31.2 Å². The number of sulfonamides is 1. The van der Waals surface area contributed by atoms with E-state index in [9.17, 15) is 8.42 Å². The van der Waals surface area contributed by atoms with Gasteiger partial charge in [-0.3, -0.25) is 0 Å². The Kier molecular flexibility index (Phi) is 3.33. The molecular weight excluding hydrogens is 278 g/mol. The lowest BCUT2D eigenvalue weighted by Crippen LogP contribution is -2.12. The normalized spacial score (nSPS) is 19.4. The molecule has 2 heterocycles. The van der Waals surface area contributed by atoms with E-state index in [0.29, 0.717) is 6.61 Å². The summed E-state index contributed by atoms with van der Waals surface area (Å²) in [7, 11) is -3.66. The molecule has 106 valence electrons. The number of rotatable bonds is 3. The first kappa shape index (κ1) is 13.3. The molecule has 0 spiro atoms. The van der Waals surface area contributed by atoms with Crippen LogP contribution in [0.15, 0.2) is 41.6 Å². The highest BCUT2D eigenvalue weighted by atomic mass is 32.2. The van der Waals surface area contributed by atoms with Crippen LogP contribution in [0.5, 0.6) is 0 Å². The standard InChI is InChI=1S/C13H15N3O3S/c14-20(17,18)12-3-1-11(2-4-12)16-7-6-15-13(16)10-5-8-19-9-10/h1-4,6-7,10H,5,8-9H2,(H2,14,17,18)/t10-/m0/s1. The van der Waals surface area contributed by atoms with Gasteiger partial charge >= 0.3 is 0 Å². The van der Waals surface area contributed by atoms with Crippen LogP contribution in [0, 0.1) is 0 Å². The summed E-state index contributed by atoms with van der Waals surface area (Å²) in [4.78, 5) is 4.49. The third-order valence-corrected chi connectivity index (χ3v) is 4.34. The third-order valence-electron chi connectivity index (χ3n) is 3.41. The lowest BCUT2D eigenvalue weighted by atomic mass is 10.1. The summed E-state index contributed by atoms with van der Waals surface area (Å²) in [6, 6.07) is 6.45. The minimum atomic E-state index is -3.66. The summed E-state index contributed by atoms with van der Waals surface area (Å²) in [5.74, 6) is 1.22. The van der Waals surface area contributed by atoms with Crippen LogP contribution in [0.25, 0.3) is 5.69 Å². The minimum absolute atomic E-state index is 0.104. The van der Waals surface area contributed by atoms with Gasteiger partial charge in [-0.1, -0.05) is 0 Å². The average molecular weight is 293 g/mol. The quantitative estimate of drug-likeness (QED) is 0.915. The van der Waals surface area contributed by atoms with Crippen molar-refractivity contribution in [2.45, 2.75) is 17.2 Å². The molecule has 0 amide bonds. The molecule has 1 aromatic carbocycles. The van der Waals surface area contributed by atoms with Crippen LogP contribution in [0.4, 0.5) is 0 Å². The van der Waals surface area contributed by atoms with Gasteiger partial charge in [0.2, 0.25) is 10.0 Å². The Morgan fingerprint density at radius 1 is 1.30 bits per heavy atom. The fourth-order valence-corrected chi connectivity index (χ4v) is 2.89. The Bertz CT molecular complexity index is 701. The van der Waals surface area contributed by atoms with Gasteiger partial charge in [-0.05, 0) is 30.7 Å². The predicted octanol–water partition coefficient (Wildman–Crippen LogP) is 1.02. The van der Waals surface area contributed by atoms with Crippen molar-refractivity contribution in [2.75, 3.05) is 13.2 Å². The highest BCUT2D eigenvalue weighted by Gasteiger charge is 2.22. The van der Waals surface area contributed by atoms with Gasteiger partial charge in [-0.25, -0.2) is 18.5 Å². The zero-order chi connectivity index (χ0) is 14.2. The van der Waals surface area contributed by atoms with Crippen molar-refractivity contribution >= 4 is 10.0 Å². The van der Waals surface area contributed by atoms with E-state index >= 15 is 0 Å². The summed E-state index contributed by atoms with van der Waals surface area (Å²) in [5.41, 5.74) is 0.858. The summed E-state index contributed by atoms with van der Waals surface area (Å²) < 4.78 is 29.8. The molecule has 1 atom stereocenters. The highest BCUT2D eigenvalue weighted by Crippen LogP contribution is 2.26. The zero-order valence-corrected chi connectivity index (χ0v) is 11.6. The Morgan fingerprint density at radius 2 is 2.05 bits per heavy atom. The van der Waals surface area contributed by atoms with Crippen molar-refractivity contribution in [3.05, 3.63) is 42.5 Å².